The molecule has 2 heterocycles. The summed E-state index contributed by atoms with van der Waals surface area (Å²) in [4.78, 5) is 67.4. The Balaban J connectivity index is 2.00. The lowest BCUT2D eigenvalue weighted by Gasteiger charge is -2.43. The molecule has 5 atom stereocenters. The van der Waals surface area contributed by atoms with Crippen LogP contribution in [0.25, 0.3) is 0 Å². The summed E-state index contributed by atoms with van der Waals surface area (Å²) < 4.78 is 21.7. The third-order valence-corrected chi connectivity index (χ3v) is 5.53. The van der Waals surface area contributed by atoms with Gasteiger partial charge >= 0.3 is 17.9 Å². The monoisotopic (exact) mass is 519 g/mol. The number of carbonyl (C=O) groups is 5. The topological polar surface area (TPSA) is 159 Å². The number of hydrogen-bond acceptors (Lipinski definition) is 11. The number of oxime groups is 1. The van der Waals surface area contributed by atoms with E-state index < -0.39 is 60.4 Å². The summed E-state index contributed by atoms with van der Waals surface area (Å²) in [6, 6.07) is 5.80. The molecule has 0 saturated carbocycles. The van der Waals surface area contributed by atoms with Gasteiger partial charge in [-0.2, -0.15) is 0 Å². The lowest BCUT2D eigenvalue weighted by Crippen LogP contribution is -2.66. The van der Waals surface area contributed by atoms with Gasteiger partial charge in [-0.05, 0) is 13.0 Å². The number of fused-ring (bicyclic) bond motifs is 1. The molecule has 1 N–H and O–H groups in total. The zero-order valence-electron chi connectivity index (χ0n) is 21.1. The second kappa shape index (κ2) is 11.8. The van der Waals surface area contributed by atoms with E-state index in [1.165, 1.54) is 18.7 Å². The zero-order valence-corrected chi connectivity index (χ0v) is 21.1. The first-order valence-electron chi connectivity index (χ1n) is 11.6. The van der Waals surface area contributed by atoms with E-state index in [0.717, 1.165) is 13.8 Å². The smallest absolute Gasteiger partial charge is 0.303 e. The molecule has 0 aromatic heterocycles. The van der Waals surface area contributed by atoms with Crippen molar-refractivity contribution in [2.75, 3.05) is 18.1 Å². The molecule has 1 saturated heterocycles. The van der Waals surface area contributed by atoms with Crippen molar-refractivity contribution in [3.8, 4) is 0 Å². The Kier molecular flexibility index (Phi) is 8.81. The number of ether oxygens (including phenoxy) is 4. The Hall–Kier alpha value is -4.00. The molecule has 200 valence electrons. The summed E-state index contributed by atoms with van der Waals surface area (Å²) in [5.41, 5.74) is 1.19. The van der Waals surface area contributed by atoms with Crippen molar-refractivity contribution < 1.29 is 47.8 Å². The number of esters is 3. The Morgan fingerprint density at radius 2 is 1.65 bits per heavy atom. The van der Waals surface area contributed by atoms with E-state index in [1.54, 1.807) is 24.3 Å². The SMILES string of the molecule is CCN1C(=O)C(=NOC2OC(COC(C)=O)C(OC(C)=O)C(OC(C)=O)C2NC(C)=O)c2ccccc21. The zero-order chi connectivity index (χ0) is 27.3. The Labute approximate surface area is 213 Å². The molecule has 1 aromatic carbocycles. The lowest BCUT2D eigenvalue weighted by molar-refractivity contribution is -0.278. The molecule has 3 rings (SSSR count). The van der Waals surface area contributed by atoms with E-state index in [2.05, 4.69) is 10.5 Å². The minimum absolute atomic E-state index is 0.00491. The number of hydrogen-bond donors (Lipinski definition) is 1. The summed E-state index contributed by atoms with van der Waals surface area (Å²) >= 11 is 0. The van der Waals surface area contributed by atoms with Crippen molar-refractivity contribution in [3.63, 3.8) is 0 Å². The highest BCUT2D eigenvalue weighted by atomic mass is 16.8. The Morgan fingerprint density at radius 3 is 2.24 bits per heavy atom. The molecule has 1 fully saturated rings. The first-order chi connectivity index (χ1) is 17.5. The van der Waals surface area contributed by atoms with Gasteiger partial charge in [0.1, 0.15) is 18.8 Å². The van der Waals surface area contributed by atoms with Gasteiger partial charge in [0, 0.05) is 39.8 Å². The molecule has 2 aliphatic heterocycles. The van der Waals surface area contributed by atoms with Gasteiger partial charge in [0.25, 0.3) is 12.2 Å². The van der Waals surface area contributed by atoms with Crippen molar-refractivity contribution in [2.45, 2.75) is 65.3 Å². The number of para-hydroxylation sites is 1. The van der Waals surface area contributed by atoms with Gasteiger partial charge in [0.05, 0.1) is 5.69 Å². The van der Waals surface area contributed by atoms with Crippen LogP contribution in [0.3, 0.4) is 0 Å². The van der Waals surface area contributed by atoms with Crippen molar-refractivity contribution in [3.05, 3.63) is 29.8 Å². The van der Waals surface area contributed by atoms with Crippen molar-refractivity contribution in [1.29, 1.82) is 0 Å². The molecule has 0 spiro atoms. The molecular weight excluding hydrogens is 490 g/mol. The molecule has 5 unspecified atom stereocenters. The maximum absolute atomic E-state index is 13.0. The first kappa shape index (κ1) is 27.6. The van der Waals surface area contributed by atoms with Crippen molar-refractivity contribution in [1.82, 2.24) is 5.32 Å². The predicted octanol–water partition coefficient (Wildman–Crippen LogP) is 0.430. The van der Waals surface area contributed by atoms with Crippen LogP contribution in [-0.2, 0) is 47.8 Å². The quantitative estimate of drug-likeness (QED) is 0.290. The van der Waals surface area contributed by atoms with Gasteiger partial charge in [-0.15, -0.1) is 0 Å². The minimum atomic E-state index is -1.43. The number of nitrogens with one attached hydrogen (secondary N) is 1. The van der Waals surface area contributed by atoms with Crippen LogP contribution in [0.2, 0.25) is 0 Å². The number of anilines is 1. The normalized spacial score (nSPS) is 25.8. The van der Waals surface area contributed by atoms with Gasteiger partial charge in [-0.25, -0.2) is 0 Å². The van der Waals surface area contributed by atoms with Crippen molar-refractivity contribution >= 4 is 41.1 Å². The summed E-state index contributed by atoms with van der Waals surface area (Å²) in [6.45, 7) is 6.49. The lowest BCUT2D eigenvalue weighted by atomic mass is 9.96. The van der Waals surface area contributed by atoms with Crippen LogP contribution in [0.15, 0.2) is 29.4 Å². The number of rotatable bonds is 8. The van der Waals surface area contributed by atoms with E-state index in [0.29, 0.717) is 17.8 Å². The largest absolute Gasteiger partial charge is 0.463 e. The van der Waals surface area contributed by atoms with Crippen LogP contribution >= 0.6 is 0 Å². The van der Waals surface area contributed by atoms with E-state index in [4.69, 9.17) is 23.8 Å². The molecule has 13 nitrogen and oxygen atoms in total. The average molecular weight is 520 g/mol. The number of nitrogens with zero attached hydrogens (tertiary/aromatic N) is 2. The van der Waals surface area contributed by atoms with E-state index in [9.17, 15) is 24.0 Å². The van der Waals surface area contributed by atoms with E-state index in [-0.39, 0.29) is 12.3 Å². The molecule has 13 heteroatoms. The summed E-state index contributed by atoms with van der Waals surface area (Å²) in [5.74, 6) is -3.04. The second-order valence-electron chi connectivity index (χ2n) is 8.33. The molecule has 0 aliphatic carbocycles. The van der Waals surface area contributed by atoms with Crippen LogP contribution in [-0.4, -0.2) is 79.2 Å². The van der Waals surface area contributed by atoms with Gasteiger partial charge in [-0.3, -0.25) is 24.0 Å². The second-order valence-corrected chi connectivity index (χ2v) is 8.33. The highest BCUT2D eigenvalue weighted by Crippen LogP contribution is 2.31. The van der Waals surface area contributed by atoms with E-state index in [1.807, 2.05) is 6.92 Å². The highest BCUT2D eigenvalue weighted by Gasteiger charge is 2.52. The summed E-state index contributed by atoms with van der Waals surface area (Å²) in [7, 11) is 0. The number of likely N-dealkylation sites (N-methyl/N-ethyl adjacent to an activating group) is 1. The van der Waals surface area contributed by atoms with Gasteiger partial charge < -0.3 is 34.0 Å². The number of amides is 2. The number of benzene rings is 1. The van der Waals surface area contributed by atoms with Gasteiger partial charge in [0.2, 0.25) is 5.91 Å². The fourth-order valence-corrected chi connectivity index (χ4v) is 4.15. The molecule has 2 aliphatic rings. The van der Waals surface area contributed by atoms with Crippen molar-refractivity contribution in [2.24, 2.45) is 5.16 Å². The van der Waals surface area contributed by atoms with Crippen LogP contribution in [0.5, 0.6) is 0 Å². The Bertz CT molecular complexity index is 1100. The summed E-state index contributed by atoms with van der Waals surface area (Å²) in [5, 5.41) is 6.62. The fraction of sp³-hybridized carbons (Fsp3) is 0.500. The van der Waals surface area contributed by atoms with Crippen LogP contribution in [0.1, 0.15) is 40.2 Å². The standard InChI is InChI=1S/C24H29N3O10/c1-6-27-17-10-8-7-9-16(17)19(23(27)32)26-37-24-20(25-12(2)28)22(35-15(5)31)21(34-14(4)30)18(36-24)11-33-13(3)29/h7-10,18,20-22,24H,6,11H2,1-5H3,(H,25,28). The van der Waals surface area contributed by atoms with Crippen LogP contribution < -0.4 is 10.2 Å². The van der Waals surface area contributed by atoms with E-state index >= 15 is 0 Å². The average Bonchev–Trinajstić information content (AvgIpc) is 3.09. The van der Waals surface area contributed by atoms with Gasteiger partial charge in [-0.1, -0.05) is 23.4 Å². The summed E-state index contributed by atoms with van der Waals surface area (Å²) in [6.07, 6.45) is -5.16. The first-order valence-corrected chi connectivity index (χ1v) is 11.6. The highest BCUT2D eigenvalue weighted by molar-refractivity contribution is 6.54. The maximum Gasteiger partial charge on any atom is 0.303 e. The third kappa shape index (κ3) is 6.42. The third-order valence-electron chi connectivity index (χ3n) is 5.53. The van der Waals surface area contributed by atoms with Crippen LogP contribution in [0, 0.1) is 0 Å². The molecule has 2 amide bonds. The van der Waals surface area contributed by atoms with Crippen LogP contribution in [0.4, 0.5) is 5.69 Å². The molecule has 0 bridgehead atoms. The molecular formula is C24H29N3O10. The molecule has 1 aromatic rings. The predicted molar refractivity (Wildman–Crippen MR) is 126 cm³/mol. The maximum atomic E-state index is 13.0. The Morgan fingerprint density at radius 1 is 1.00 bits per heavy atom. The molecule has 0 radical (unpaired) electrons. The number of carbonyl (C=O) groups excluding carboxylic acids is 5. The molecule has 37 heavy (non-hydrogen) atoms. The fourth-order valence-electron chi connectivity index (χ4n) is 4.15. The van der Waals surface area contributed by atoms with Gasteiger partial charge in [0.15, 0.2) is 17.9 Å². The minimum Gasteiger partial charge on any atom is -0.463 e.